The zero-order valence-electron chi connectivity index (χ0n) is 15.1. The quantitative estimate of drug-likeness (QED) is 0.718. The second kappa shape index (κ2) is 7.09. The smallest absolute Gasteiger partial charge is 0.264 e. The summed E-state index contributed by atoms with van der Waals surface area (Å²) in [5.41, 5.74) is 1.91. The Morgan fingerprint density at radius 2 is 1.89 bits per heavy atom. The first-order chi connectivity index (χ1) is 12.6. The largest absolute Gasteiger partial charge is 0.308 e. The van der Waals surface area contributed by atoms with E-state index < -0.39 is 10.0 Å². The molecule has 0 aliphatic carbocycles. The minimum absolute atomic E-state index is 0.0275. The highest BCUT2D eigenvalue weighted by Gasteiger charge is 2.35. The van der Waals surface area contributed by atoms with Crippen LogP contribution in [0.4, 0.5) is 11.4 Å². The Hall–Kier alpha value is -2.19. The summed E-state index contributed by atoms with van der Waals surface area (Å²) in [6, 6.07) is 9.51. The number of carbonyl (C=O) groups excluding carboxylic acids is 2. The number of amides is 1. The predicted octanol–water partition coefficient (Wildman–Crippen LogP) is 3.75. The van der Waals surface area contributed by atoms with Crippen LogP contribution in [0.2, 0.25) is 0 Å². The Morgan fingerprint density at radius 3 is 2.52 bits per heavy atom. The topological polar surface area (TPSA) is 83.6 Å². The number of benzene rings is 2. The summed E-state index contributed by atoms with van der Waals surface area (Å²) < 4.78 is 29.4. The average molecular weight is 451 g/mol. The van der Waals surface area contributed by atoms with Gasteiger partial charge in [-0.15, -0.1) is 0 Å². The van der Waals surface area contributed by atoms with Crippen molar-refractivity contribution in [3.8, 4) is 0 Å². The van der Waals surface area contributed by atoms with Gasteiger partial charge in [-0.05, 0) is 50.1 Å². The maximum atomic E-state index is 13.1. The van der Waals surface area contributed by atoms with E-state index in [2.05, 4.69) is 20.7 Å². The van der Waals surface area contributed by atoms with Crippen molar-refractivity contribution in [2.75, 3.05) is 9.62 Å². The van der Waals surface area contributed by atoms with Gasteiger partial charge in [-0.25, -0.2) is 8.42 Å². The van der Waals surface area contributed by atoms with Crippen molar-refractivity contribution in [1.82, 2.24) is 0 Å². The summed E-state index contributed by atoms with van der Waals surface area (Å²) in [6.45, 7) is 4.73. The monoisotopic (exact) mass is 450 g/mol. The maximum absolute atomic E-state index is 13.1. The molecular formula is C19H19BrN2O4S. The second-order valence-electron chi connectivity index (χ2n) is 6.60. The van der Waals surface area contributed by atoms with E-state index in [1.165, 1.54) is 30.9 Å². The number of sulfonamides is 1. The third kappa shape index (κ3) is 3.77. The molecule has 0 saturated carbocycles. The maximum Gasteiger partial charge on any atom is 0.264 e. The van der Waals surface area contributed by atoms with Crippen LogP contribution in [0.5, 0.6) is 0 Å². The normalized spacial score (nSPS) is 16.1. The van der Waals surface area contributed by atoms with Gasteiger partial charge in [0.05, 0.1) is 5.69 Å². The van der Waals surface area contributed by atoms with E-state index in [-0.39, 0.29) is 28.3 Å². The number of halogens is 1. The number of hydrogen-bond acceptors (Lipinski definition) is 4. The Kier molecular flexibility index (Phi) is 5.14. The van der Waals surface area contributed by atoms with E-state index >= 15 is 0 Å². The van der Waals surface area contributed by atoms with E-state index in [4.69, 9.17) is 0 Å². The molecule has 1 unspecified atom stereocenters. The van der Waals surface area contributed by atoms with Gasteiger partial charge in [0.15, 0.2) is 5.78 Å². The lowest BCUT2D eigenvalue weighted by Gasteiger charge is -2.23. The molecule has 8 heteroatoms. The first-order valence-electron chi connectivity index (χ1n) is 8.36. The van der Waals surface area contributed by atoms with E-state index in [1.54, 1.807) is 18.2 Å². The van der Waals surface area contributed by atoms with Gasteiger partial charge >= 0.3 is 0 Å². The van der Waals surface area contributed by atoms with Crippen molar-refractivity contribution in [2.24, 2.45) is 0 Å². The highest BCUT2D eigenvalue weighted by molar-refractivity contribution is 9.10. The molecular weight excluding hydrogens is 432 g/mol. The lowest BCUT2D eigenvalue weighted by Crippen LogP contribution is -2.34. The number of nitrogens with one attached hydrogen (secondary N) is 1. The molecule has 1 aliphatic rings. The molecule has 1 N–H and O–H groups in total. The van der Waals surface area contributed by atoms with Crippen LogP contribution in [0.1, 0.15) is 36.7 Å². The Morgan fingerprint density at radius 1 is 1.19 bits per heavy atom. The van der Waals surface area contributed by atoms with Crippen LogP contribution in [0.15, 0.2) is 45.8 Å². The molecule has 1 heterocycles. The van der Waals surface area contributed by atoms with Crippen molar-refractivity contribution in [3.63, 3.8) is 0 Å². The van der Waals surface area contributed by atoms with E-state index in [1.807, 2.05) is 13.0 Å². The number of rotatable bonds is 4. The van der Waals surface area contributed by atoms with Crippen molar-refractivity contribution in [3.05, 3.63) is 52.0 Å². The second-order valence-corrected chi connectivity index (χ2v) is 9.16. The van der Waals surface area contributed by atoms with Crippen molar-refractivity contribution >= 4 is 49.0 Å². The van der Waals surface area contributed by atoms with Crippen LogP contribution in [0, 0.1) is 0 Å². The summed E-state index contributed by atoms with van der Waals surface area (Å²) in [4.78, 5) is 25.2. The minimum Gasteiger partial charge on any atom is -0.308 e. The Bertz CT molecular complexity index is 1050. The summed E-state index contributed by atoms with van der Waals surface area (Å²) in [7, 11) is -3.98. The van der Waals surface area contributed by atoms with Crippen LogP contribution in [-0.2, 0) is 21.2 Å². The van der Waals surface area contributed by atoms with Crippen molar-refractivity contribution < 1.29 is 18.0 Å². The van der Waals surface area contributed by atoms with E-state index in [0.29, 0.717) is 22.1 Å². The van der Waals surface area contributed by atoms with Gasteiger partial charge < -0.3 is 4.90 Å². The molecule has 0 fully saturated rings. The number of carbonyl (C=O) groups is 2. The molecule has 142 valence electrons. The third-order valence-corrected chi connectivity index (χ3v) is 6.32. The number of ketones is 1. The fourth-order valence-corrected chi connectivity index (χ4v) is 5.34. The van der Waals surface area contributed by atoms with Gasteiger partial charge in [-0.1, -0.05) is 28.1 Å². The van der Waals surface area contributed by atoms with Gasteiger partial charge in [0, 0.05) is 28.7 Å². The molecule has 0 spiro atoms. The average Bonchev–Trinajstić information content (AvgIpc) is 2.89. The molecule has 0 aromatic heterocycles. The zero-order chi connectivity index (χ0) is 19.9. The van der Waals surface area contributed by atoms with E-state index in [0.717, 1.165) is 5.56 Å². The first kappa shape index (κ1) is 19.6. The molecule has 0 bridgehead atoms. The van der Waals surface area contributed by atoms with Gasteiger partial charge in [0.25, 0.3) is 10.0 Å². The fourth-order valence-electron chi connectivity index (χ4n) is 3.37. The molecule has 1 aliphatic heterocycles. The van der Waals surface area contributed by atoms with Gasteiger partial charge in [0.1, 0.15) is 4.90 Å². The zero-order valence-corrected chi connectivity index (χ0v) is 17.5. The molecule has 3 rings (SSSR count). The summed E-state index contributed by atoms with van der Waals surface area (Å²) in [6.07, 6.45) is 0.580. The lowest BCUT2D eigenvalue weighted by molar-refractivity contribution is -0.116. The molecule has 2 aromatic rings. The fraction of sp³-hybridized carbons (Fsp3) is 0.263. The molecule has 2 aromatic carbocycles. The Balaban J connectivity index is 2.10. The number of Topliss-reactive ketones (excluding diaryl/α,β-unsaturated/α-hetero) is 1. The highest BCUT2D eigenvalue weighted by Crippen LogP contribution is 2.40. The van der Waals surface area contributed by atoms with Crippen molar-refractivity contribution in [1.29, 1.82) is 0 Å². The van der Waals surface area contributed by atoms with E-state index in [9.17, 15) is 18.0 Å². The van der Waals surface area contributed by atoms with Gasteiger partial charge in [-0.2, -0.15) is 0 Å². The van der Waals surface area contributed by atoms with Crippen LogP contribution >= 0.6 is 15.9 Å². The van der Waals surface area contributed by atoms with Crippen LogP contribution < -0.4 is 9.62 Å². The molecule has 6 nitrogen and oxygen atoms in total. The van der Waals surface area contributed by atoms with Crippen LogP contribution in [0.25, 0.3) is 0 Å². The van der Waals surface area contributed by atoms with Gasteiger partial charge in [0.2, 0.25) is 5.91 Å². The standard InChI is InChI=1S/C19H19BrN2O4S/c1-11-7-15-8-16(20)10-18(19(15)22(11)13(3)24)27(25,26)21-17-6-4-5-14(9-17)12(2)23/h4-6,8-11,21H,7H2,1-3H3. The molecule has 1 amide bonds. The SMILES string of the molecule is CC(=O)c1cccc(NS(=O)(=O)c2cc(Br)cc3c2N(C(C)=O)C(C)C3)c1. The van der Waals surface area contributed by atoms with Crippen LogP contribution in [0.3, 0.4) is 0 Å². The molecule has 0 saturated heterocycles. The van der Waals surface area contributed by atoms with Gasteiger partial charge in [-0.3, -0.25) is 14.3 Å². The number of nitrogens with zero attached hydrogens (tertiary/aromatic N) is 1. The summed E-state index contributed by atoms with van der Waals surface area (Å²) in [5.74, 6) is -0.366. The van der Waals surface area contributed by atoms with Crippen LogP contribution in [-0.4, -0.2) is 26.2 Å². The molecule has 27 heavy (non-hydrogen) atoms. The first-order valence-corrected chi connectivity index (χ1v) is 10.6. The summed E-state index contributed by atoms with van der Waals surface area (Å²) >= 11 is 3.36. The molecule has 0 radical (unpaired) electrons. The minimum atomic E-state index is -3.98. The number of hydrogen-bond donors (Lipinski definition) is 1. The third-order valence-electron chi connectivity index (χ3n) is 4.47. The predicted molar refractivity (Wildman–Crippen MR) is 108 cm³/mol. The number of fused-ring (bicyclic) bond motifs is 1. The molecule has 1 atom stereocenters. The Labute approximate surface area is 166 Å². The number of anilines is 2. The van der Waals surface area contributed by atoms with Crippen molar-refractivity contribution in [2.45, 2.75) is 38.1 Å². The highest BCUT2D eigenvalue weighted by atomic mass is 79.9. The lowest BCUT2D eigenvalue weighted by atomic mass is 10.1. The summed E-state index contributed by atoms with van der Waals surface area (Å²) in [5, 5.41) is 0.